The molecule has 0 radical (unpaired) electrons. The maximum absolute atomic E-state index is 13.6. The number of hydrogen-bond acceptors (Lipinski definition) is 3. The minimum absolute atomic E-state index is 0.157. The maximum Gasteiger partial charge on any atom is 0.159 e. The van der Waals surface area contributed by atoms with Gasteiger partial charge in [-0.1, -0.05) is 0 Å². The highest BCUT2D eigenvalue weighted by molar-refractivity contribution is 14.1. The number of hydrogen-bond donors (Lipinski definition) is 0. The number of fused-ring (bicyclic) bond motifs is 1. The monoisotopic (exact) mass is 386 g/mol. The Morgan fingerprint density at radius 1 is 1.30 bits per heavy atom. The van der Waals surface area contributed by atoms with Crippen molar-refractivity contribution in [3.05, 3.63) is 51.1 Å². The van der Waals surface area contributed by atoms with Gasteiger partial charge in [0, 0.05) is 6.20 Å². The fourth-order valence-electron chi connectivity index (χ4n) is 1.91. The lowest BCUT2D eigenvalue weighted by molar-refractivity contribution is 0.573. The Balaban J connectivity index is 2.13. The summed E-state index contributed by atoms with van der Waals surface area (Å²) in [5, 5.41) is 4.89. The van der Waals surface area contributed by atoms with Crippen LogP contribution in [0.25, 0.3) is 11.0 Å². The predicted molar refractivity (Wildman–Crippen MR) is 78.2 cm³/mol. The van der Waals surface area contributed by atoms with Crippen LogP contribution in [0.2, 0.25) is 0 Å². The highest BCUT2D eigenvalue weighted by Crippen LogP contribution is 2.21. The molecule has 3 aromatic rings. The number of pyridine rings is 2. The van der Waals surface area contributed by atoms with Gasteiger partial charge in [0.2, 0.25) is 0 Å². The molecule has 0 saturated heterocycles. The fraction of sp³-hybridized carbons (Fsp3) is 0.154. The number of rotatable bonds is 2. The molecule has 7 heteroatoms. The first-order chi connectivity index (χ1) is 9.56. The Morgan fingerprint density at radius 2 is 2.10 bits per heavy atom. The van der Waals surface area contributed by atoms with Gasteiger partial charge < -0.3 is 0 Å². The molecule has 0 saturated carbocycles. The summed E-state index contributed by atoms with van der Waals surface area (Å²) in [7, 11) is 0. The summed E-state index contributed by atoms with van der Waals surface area (Å²) in [6.45, 7) is 1.74. The first-order valence-corrected chi connectivity index (χ1v) is 6.92. The average molecular weight is 386 g/mol. The number of aryl methyl sites for hydroxylation is 1. The van der Waals surface area contributed by atoms with Crippen LogP contribution in [0.1, 0.15) is 11.4 Å². The molecule has 0 aromatic carbocycles. The van der Waals surface area contributed by atoms with Gasteiger partial charge in [-0.05, 0) is 47.7 Å². The van der Waals surface area contributed by atoms with Crippen LogP contribution < -0.4 is 0 Å². The predicted octanol–water partition coefficient (Wildman–Crippen LogP) is 3.07. The molecule has 102 valence electrons. The third-order valence-corrected chi connectivity index (χ3v) is 3.74. The van der Waals surface area contributed by atoms with E-state index in [9.17, 15) is 8.78 Å². The van der Waals surface area contributed by atoms with Crippen molar-refractivity contribution in [2.24, 2.45) is 0 Å². The molecule has 3 heterocycles. The van der Waals surface area contributed by atoms with Crippen molar-refractivity contribution >= 4 is 33.6 Å². The zero-order valence-electron chi connectivity index (χ0n) is 10.4. The van der Waals surface area contributed by atoms with Crippen LogP contribution in [0.4, 0.5) is 8.78 Å². The van der Waals surface area contributed by atoms with Crippen molar-refractivity contribution in [1.82, 2.24) is 19.7 Å². The van der Waals surface area contributed by atoms with Gasteiger partial charge in [-0.2, -0.15) is 5.10 Å². The van der Waals surface area contributed by atoms with Gasteiger partial charge in [-0.15, -0.1) is 0 Å². The van der Waals surface area contributed by atoms with E-state index in [1.54, 1.807) is 6.92 Å². The van der Waals surface area contributed by atoms with E-state index in [0.29, 0.717) is 14.7 Å². The highest BCUT2D eigenvalue weighted by Gasteiger charge is 2.14. The first-order valence-electron chi connectivity index (χ1n) is 5.85. The molecule has 4 nitrogen and oxygen atoms in total. The number of aromatic nitrogens is 4. The fourth-order valence-corrected chi connectivity index (χ4v) is 2.57. The zero-order valence-corrected chi connectivity index (χ0v) is 12.6. The summed E-state index contributed by atoms with van der Waals surface area (Å²) < 4.78 is 29.4. The molecular weight excluding hydrogens is 377 g/mol. The van der Waals surface area contributed by atoms with Crippen LogP contribution in [0, 0.1) is 22.3 Å². The standard InChI is InChI=1S/C13H9F2IN4/c1-7-10(15)5-8-12(16)19-20(13(8)18-7)6-11-9(14)3-2-4-17-11/h2-5H,6H2,1H3. The summed E-state index contributed by atoms with van der Waals surface area (Å²) >= 11 is 2.01. The molecule has 20 heavy (non-hydrogen) atoms. The van der Waals surface area contributed by atoms with Crippen LogP contribution in [0.15, 0.2) is 24.4 Å². The van der Waals surface area contributed by atoms with Crippen molar-refractivity contribution in [3.63, 3.8) is 0 Å². The molecular formula is C13H9F2IN4. The second kappa shape index (κ2) is 5.04. The van der Waals surface area contributed by atoms with E-state index in [-0.39, 0.29) is 23.7 Å². The topological polar surface area (TPSA) is 43.6 Å². The van der Waals surface area contributed by atoms with Gasteiger partial charge >= 0.3 is 0 Å². The summed E-state index contributed by atoms with van der Waals surface area (Å²) in [5.74, 6) is -0.774. The Morgan fingerprint density at radius 3 is 2.85 bits per heavy atom. The van der Waals surface area contributed by atoms with Gasteiger partial charge in [0.05, 0.1) is 23.3 Å². The van der Waals surface area contributed by atoms with Gasteiger partial charge in [0.1, 0.15) is 15.3 Å². The van der Waals surface area contributed by atoms with Crippen LogP contribution in [0.5, 0.6) is 0 Å². The van der Waals surface area contributed by atoms with E-state index in [2.05, 4.69) is 15.1 Å². The van der Waals surface area contributed by atoms with E-state index in [4.69, 9.17) is 0 Å². The Labute approximate surface area is 127 Å². The molecule has 0 amide bonds. The average Bonchev–Trinajstić information content (AvgIpc) is 2.70. The van der Waals surface area contributed by atoms with Crippen molar-refractivity contribution in [1.29, 1.82) is 0 Å². The molecule has 3 aromatic heterocycles. The SMILES string of the molecule is Cc1nc2c(cc1F)c(I)nn2Cc1ncccc1F. The third kappa shape index (κ3) is 2.26. The second-order valence-electron chi connectivity index (χ2n) is 4.31. The van der Waals surface area contributed by atoms with Gasteiger partial charge in [-0.3, -0.25) is 4.98 Å². The lowest BCUT2D eigenvalue weighted by atomic mass is 10.3. The minimum atomic E-state index is -0.398. The minimum Gasteiger partial charge on any atom is -0.256 e. The van der Waals surface area contributed by atoms with Gasteiger partial charge in [0.25, 0.3) is 0 Å². The van der Waals surface area contributed by atoms with Crippen LogP contribution in [-0.2, 0) is 6.54 Å². The maximum atomic E-state index is 13.6. The van der Waals surface area contributed by atoms with Gasteiger partial charge in [-0.25, -0.2) is 18.4 Å². The molecule has 0 fully saturated rings. The zero-order chi connectivity index (χ0) is 14.3. The molecule has 0 N–H and O–H groups in total. The summed E-state index contributed by atoms with van der Waals surface area (Å²) in [4.78, 5) is 8.18. The van der Waals surface area contributed by atoms with E-state index in [1.807, 2.05) is 22.6 Å². The van der Waals surface area contributed by atoms with Crippen LogP contribution in [0.3, 0.4) is 0 Å². The molecule has 0 unspecified atom stereocenters. The van der Waals surface area contributed by atoms with E-state index in [0.717, 1.165) is 0 Å². The lowest BCUT2D eigenvalue weighted by Gasteiger charge is -2.04. The quantitative estimate of drug-likeness (QED) is 0.636. The second-order valence-corrected chi connectivity index (χ2v) is 5.33. The van der Waals surface area contributed by atoms with Crippen molar-refractivity contribution in [2.75, 3.05) is 0 Å². The molecule has 0 aliphatic rings. The van der Waals surface area contributed by atoms with Crippen LogP contribution >= 0.6 is 22.6 Å². The molecule has 3 rings (SSSR count). The Hall–Kier alpha value is -1.64. The molecule has 0 aliphatic heterocycles. The van der Waals surface area contributed by atoms with E-state index >= 15 is 0 Å². The van der Waals surface area contributed by atoms with Crippen molar-refractivity contribution in [2.45, 2.75) is 13.5 Å². The summed E-state index contributed by atoms with van der Waals surface area (Å²) in [5.41, 5.74) is 1.09. The van der Waals surface area contributed by atoms with Gasteiger partial charge in [0.15, 0.2) is 5.65 Å². The van der Waals surface area contributed by atoms with E-state index in [1.165, 1.54) is 29.1 Å². The van der Waals surface area contributed by atoms with Crippen LogP contribution in [-0.4, -0.2) is 19.7 Å². The van der Waals surface area contributed by atoms with Crippen molar-refractivity contribution < 1.29 is 8.78 Å². The Bertz CT molecular complexity index is 800. The largest absolute Gasteiger partial charge is 0.256 e. The summed E-state index contributed by atoms with van der Waals surface area (Å²) in [6, 6.07) is 4.27. The molecule has 0 atom stereocenters. The lowest BCUT2D eigenvalue weighted by Crippen LogP contribution is -2.07. The third-order valence-electron chi connectivity index (χ3n) is 2.94. The Kier molecular flexibility index (Phi) is 3.36. The van der Waals surface area contributed by atoms with Crippen molar-refractivity contribution in [3.8, 4) is 0 Å². The molecule has 0 spiro atoms. The first kappa shape index (κ1) is 13.3. The molecule has 0 bridgehead atoms. The number of nitrogens with zero attached hydrogens (tertiary/aromatic N) is 4. The number of halogens is 3. The normalized spacial score (nSPS) is 11.2. The smallest absolute Gasteiger partial charge is 0.159 e. The summed E-state index contributed by atoms with van der Waals surface area (Å²) in [6.07, 6.45) is 1.52. The molecule has 0 aliphatic carbocycles. The van der Waals surface area contributed by atoms with E-state index < -0.39 is 5.82 Å². The highest BCUT2D eigenvalue weighted by atomic mass is 127.